The first-order valence-corrected chi connectivity index (χ1v) is 6.49. The van der Waals surface area contributed by atoms with Gasteiger partial charge in [-0.2, -0.15) is 0 Å². The van der Waals surface area contributed by atoms with Crippen molar-refractivity contribution in [2.45, 2.75) is 26.2 Å². The van der Waals surface area contributed by atoms with Crippen molar-refractivity contribution >= 4 is 5.97 Å². The number of imidazole rings is 1. The van der Waals surface area contributed by atoms with Gasteiger partial charge in [-0.3, -0.25) is 0 Å². The topological polar surface area (TPSA) is 53.3 Å². The molecule has 2 aromatic rings. The molecule has 2 heterocycles. The Morgan fingerprint density at radius 3 is 2.85 bits per heavy atom. The van der Waals surface area contributed by atoms with Crippen molar-refractivity contribution in [2.75, 3.05) is 7.11 Å². The molecule has 0 fully saturated rings. The van der Waals surface area contributed by atoms with E-state index in [9.17, 15) is 4.79 Å². The van der Waals surface area contributed by atoms with Crippen LogP contribution in [0.2, 0.25) is 0 Å². The summed E-state index contributed by atoms with van der Waals surface area (Å²) in [5.74, 6) is -0.420. The van der Waals surface area contributed by atoms with Gasteiger partial charge in [0.15, 0.2) is 5.69 Å². The molecule has 0 bridgehead atoms. The highest BCUT2D eigenvalue weighted by atomic mass is 16.5. The lowest BCUT2D eigenvalue weighted by Gasteiger charge is -2.25. The van der Waals surface area contributed by atoms with Gasteiger partial charge in [-0.25, -0.2) is 9.78 Å². The van der Waals surface area contributed by atoms with Crippen molar-refractivity contribution in [2.24, 2.45) is 0 Å². The van der Waals surface area contributed by atoms with Crippen LogP contribution >= 0.6 is 0 Å². The van der Waals surface area contributed by atoms with E-state index in [2.05, 4.69) is 36.2 Å². The average molecular weight is 272 g/mol. The maximum Gasteiger partial charge on any atom is 0.358 e. The molecule has 5 nitrogen and oxygen atoms in total. The molecule has 0 radical (unpaired) electrons. The van der Waals surface area contributed by atoms with E-state index in [1.807, 2.05) is 4.57 Å². The highest BCUT2D eigenvalue weighted by Crippen LogP contribution is 2.28. The van der Waals surface area contributed by atoms with E-state index in [-0.39, 0.29) is 6.10 Å². The van der Waals surface area contributed by atoms with Crippen LogP contribution in [0.3, 0.4) is 0 Å². The monoisotopic (exact) mass is 272 g/mol. The van der Waals surface area contributed by atoms with Crippen molar-refractivity contribution in [3.05, 3.63) is 53.1 Å². The molecule has 1 atom stereocenters. The molecular formula is C15H16N2O3. The SMILES string of the molecule is COC(=O)c1ncn2c1COC(c1ccc(C)cc1)C2. The first-order valence-electron chi connectivity index (χ1n) is 6.49. The summed E-state index contributed by atoms with van der Waals surface area (Å²) in [5, 5.41) is 0. The van der Waals surface area contributed by atoms with Gasteiger partial charge < -0.3 is 14.0 Å². The number of esters is 1. The fraction of sp³-hybridized carbons (Fsp3) is 0.333. The fourth-order valence-corrected chi connectivity index (χ4v) is 2.38. The Balaban J connectivity index is 1.84. The number of benzene rings is 1. The predicted octanol–water partition coefficient (Wildman–Crippen LogP) is 2.25. The third kappa shape index (κ3) is 2.20. The van der Waals surface area contributed by atoms with Crippen LogP contribution in [0.4, 0.5) is 0 Å². The lowest BCUT2D eigenvalue weighted by molar-refractivity contribution is 0.00202. The second kappa shape index (κ2) is 5.09. The molecule has 0 spiro atoms. The Morgan fingerprint density at radius 2 is 2.15 bits per heavy atom. The van der Waals surface area contributed by atoms with Crippen LogP contribution in [0.5, 0.6) is 0 Å². The Morgan fingerprint density at radius 1 is 1.40 bits per heavy atom. The number of aromatic nitrogens is 2. The molecule has 1 aromatic carbocycles. The molecule has 1 unspecified atom stereocenters. The molecule has 20 heavy (non-hydrogen) atoms. The summed E-state index contributed by atoms with van der Waals surface area (Å²) in [6.07, 6.45) is 1.66. The number of rotatable bonds is 2. The molecule has 0 amide bonds. The van der Waals surface area contributed by atoms with E-state index in [4.69, 9.17) is 9.47 Å². The minimum atomic E-state index is -0.420. The van der Waals surface area contributed by atoms with E-state index in [0.717, 1.165) is 11.3 Å². The van der Waals surface area contributed by atoms with E-state index in [1.165, 1.54) is 12.7 Å². The summed E-state index contributed by atoms with van der Waals surface area (Å²) >= 11 is 0. The van der Waals surface area contributed by atoms with Gasteiger partial charge in [-0.15, -0.1) is 0 Å². The van der Waals surface area contributed by atoms with Crippen molar-refractivity contribution in [3.8, 4) is 0 Å². The van der Waals surface area contributed by atoms with E-state index in [1.54, 1.807) is 6.33 Å². The molecule has 1 aliphatic heterocycles. The van der Waals surface area contributed by atoms with Gasteiger partial charge in [-0.1, -0.05) is 29.8 Å². The van der Waals surface area contributed by atoms with Gasteiger partial charge >= 0.3 is 5.97 Å². The normalized spacial score (nSPS) is 17.6. The van der Waals surface area contributed by atoms with Crippen LogP contribution in [-0.2, 0) is 22.6 Å². The molecule has 0 N–H and O–H groups in total. The summed E-state index contributed by atoms with van der Waals surface area (Å²) in [7, 11) is 1.35. The van der Waals surface area contributed by atoms with Crippen LogP contribution in [0.25, 0.3) is 0 Å². The maximum atomic E-state index is 11.6. The van der Waals surface area contributed by atoms with Crippen LogP contribution in [0.15, 0.2) is 30.6 Å². The fourth-order valence-electron chi connectivity index (χ4n) is 2.38. The lowest BCUT2D eigenvalue weighted by Crippen LogP contribution is -2.22. The standard InChI is InChI=1S/C15H16N2O3/c1-10-3-5-11(6-4-10)13-7-17-9-16-14(15(18)19-2)12(17)8-20-13/h3-6,9,13H,7-8H2,1-2H3. The average Bonchev–Trinajstić information content (AvgIpc) is 2.90. The Kier molecular flexibility index (Phi) is 3.28. The number of aryl methyl sites for hydroxylation is 1. The smallest absolute Gasteiger partial charge is 0.358 e. The summed E-state index contributed by atoms with van der Waals surface area (Å²) in [6, 6.07) is 8.29. The number of carbonyl (C=O) groups is 1. The van der Waals surface area contributed by atoms with E-state index in [0.29, 0.717) is 18.8 Å². The Hall–Kier alpha value is -2.14. The largest absolute Gasteiger partial charge is 0.464 e. The van der Waals surface area contributed by atoms with Crippen LogP contribution in [0, 0.1) is 6.92 Å². The quantitative estimate of drug-likeness (QED) is 0.787. The minimum absolute atomic E-state index is 0.0113. The number of carbonyl (C=O) groups excluding carboxylic acids is 1. The minimum Gasteiger partial charge on any atom is -0.464 e. The highest BCUT2D eigenvalue weighted by Gasteiger charge is 2.26. The Bertz CT molecular complexity index is 631. The Labute approximate surface area is 117 Å². The third-order valence-electron chi connectivity index (χ3n) is 3.56. The number of methoxy groups -OCH3 is 1. The van der Waals surface area contributed by atoms with E-state index >= 15 is 0 Å². The third-order valence-corrected chi connectivity index (χ3v) is 3.56. The zero-order valence-corrected chi connectivity index (χ0v) is 11.5. The zero-order valence-electron chi connectivity index (χ0n) is 11.5. The molecule has 0 saturated heterocycles. The van der Waals surface area contributed by atoms with Crippen molar-refractivity contribution < 1.29 is 14.3 Å². The summed E-state index contributed by atoms with van der Waals surface area (Å²) in [4.78, 5) is 15.7. The highest BCUT2D eigenvalue weighted by molar-refractivity contribution is 5.88. The number of hydrogen-bond donors (Lipinski definition) is 0. The zero-order chi connectivity index (χ0) is 14.1. The van der Waals surface area contributed by atoms with Crippen molar-refractivity contribution in [1.29, 1.82) is 0 Å². The second-order valence-corrected chi connectivity index (χ2v) is 4.89. The number of hydrogen-bond acceptors (Lipinski definition) is 4. The van der Waals surface area contributed by atoms with Crippen LogP contribution < -0.4 is 0 Å². The maximum absolute atomic E-state index is 11.6. The molecule has 1 aromatic heterocycles. The molecule has 104 valence electrons. The van der Waals surface area contributed by atoms with Crippen molar-refractivity contribution in [3.63, 3.8) is 0 Å². The summed E-state index contributed by atoms with van der Waals surface area (Å²) in [6.45, 7) is 3.08. The lowest BCUT2D eigenvalue weighted by atomic mass is 10.1. The van der Waals surface area contributed by atoms with Gasteiger partial charge in [-0.05, 0) is 12.5 Å². The van der Waals surface area contributed by atoms with Gasteiger partial charge in [0.25, 0.3) is 0 Å². The molecule has 5 heteroatoms. The van der Waals surface area contributed by atoms with Gasteiger partial charge in [0, 0.05) is 0 Å². The van der Waals surface area contributed by atoms with Gasteiger partial charge in [0.05, 0.1) is 32.3 Å². The van der Waals surface area contributed by atoms with E-state index < -0.39 is 5.97 Å². The molecular weight excluding hydrogens is 256 g/mol. The molecule has 3 rings (SSSR count). The number of fused-ring (bicyclic) bond motifs is 1. The molecule has 0 saturated carbocycles. The van der Waals surface area contributed by atoms with Crippen molar-refractivity contribution in [1.82, 2.24) is 9.55 Å². The summed E-state index contributed by atoms with van der Waals surface area (Å²) in [5.41, 5.74) is 3.48. The number of nitrogens with zero attached hydrogens (tertiary/aromatic N) is 2. The second-order valence-electron chi connectivity index (χ2n) is 4.89. The first kappa shape index (κ1) is 12.9. The first-order chi connectivity index (χ1) is 9.69. The van der Waals surface area contributed by atoms with Crippen LogP contribution in [0.1, 0.15) is 33.4 Å². The van der Waals surface area contributed by atoms with Gasteiger partial charge in [0.1, 0.15) is 6.10 Å². The molecule has 0 aliphatic carbocycles. The van der Waals surface area contributed by atoms with Crippen LogP contribution in [-0.4, -0.2) is 22.6 Å². The predicted molar refractivity (Wildman–Crippen MR) is 72.3 cm³/mol. The summed E-state index contributed by atoms with van der Waals surface area (Å²) < 4.78 is 12.5. The number of ether oxygens (including phenoxy) is 2. The van der Waals surface area contributed by atoms with Gasteiger partial charge in [0.2, 0.25) is 0 Å². The molecule has 1 aliphatic rings.